The quantitative estimate of drug-likeness (QED) is 0.325. The Morgan fingerprint density at radius 2 is 1.56 bits per heavy atom. The molecule has 6 rings (SSSR count). The van der Waals surface area contributed by atoms with Gasteiger partial charge in [-0.05, 0) is 29.3 Å². The zero-order chi connectivity index (χ0) is 23.1. The van der Waals surface area contributed by atoms with Gasteiger partial charge in [0.1, 0.15) is 23.9 Å². The molecule has 0 radical (unpaired) electrons. The number of rotatable bonds is 4. The standard InChI is InChI=1S/C30H25NO3/c1-32-21-16-20-18-34-25-15-9-7-13-23(25)28(27(20)26(17-21)33-2)29-22-12-6-8-14-24(22)31-30(29)19-10-4-3-5-11-19/h3-17,28,31H,18H2,1-2H3. The van der Waals surface area contributed by atoms with Crippen LogP contribution in [-0.2, 0) is 6.61 Å². The number of aromatic amines is 1. The second-order valence-corrected chi connectivity index (χ2v) is 8.49. The Bertz CT molecular complexity index is 1490. The van der Waals surface area contributed by atoms with Crippen molar-refractivity contribution in [2.75, 3.05) is 14.2 Å². The van der Waals surface area contributed by atoms with Gasteiger partial charge in [0.05, 0.1) is 19.9 Å². The van der Waals surface area contributed by atoms with E-state index in [0.717, 1.165) is 50.7 Å². The second kappa shape index (κ2) is 8.31. The van der Waals surface area contributed by atoms with E-state index < -0.39 is 0 Å². The molecule has 1 atom stereocenters. The number of ether oxygens (including phenoxy) is 3. The van der Waals surface area contributed by atoms with Crippen molar-refractivity contribution in [3.8, 4) is 28.5 Å². The zero-order valence-electron chi connectivity index (χ0n) is 19.2. The predicted molar refractivity (Wildman–Crippen MR) is 135 cm³/mol. The third-order valence-electron chi connectivity index (χ3n) is 6.66. The molecule has 0 saturated heterocycles. The Balaban J connectivity index is 1.74. The maximum absolute atomic E-state index is 6.34. The van der Waals surface area contributed by atoms with E-state index in [2.05, 4.69) is 77.8 Å². The molecule has 0 spiro atoms. The van der Waals surface area contributed by atoms with E-state index in [0.29, 0.717) is 6.61 Å². The van der Waals surface area contributed by atoms with Gasteiger partial charge >= 0.3 is 0 Å². The molecule has 1 aromatic heterocycles. The average molecular weight is 448 g/mol. The third kappa shape index (κ3) is 3.22. The van der Waals surface area contributed by atoms with Crippen molar-refractivity contribution < 1.29 is 14.2 Å². The van der Waals surface area contributed by atoms with Gasteiger partial charge in [-0.2, -0.15) is 0 Å². The molecule has 4 nitrogen and oxygen atoms in total. The number of hydrogen-bond acceptors (Lipinski definition) is 3. The van der Waals surface area contributed by atoms with Crippen LogP contribution in [0.25, 0.3) is 22.2 Å². The second-order valence-electron chi connectivity index (χ2n) is 8.49. The molecule has 4 aromatic carbocycles. The molecule has 2 heterocycles. The summed E-state index contributed by atoms with van der Waals surface area (Å²) in [6.07, 6.45) is 0. The number of hydrogen-bond donors (Lipinski definition) is 1. The van der Waals surface area contributed by atoms with Crippen LogP contribution in [0.5, 0.6) is 17.2 Å². The van der Waals surface area contributed by atoms with Gasteiger partial charge < -0.3 is 19.2 Å². The Labute approximate surface area is 198 Å². The van der Waals surface area contributed by atoms with Crippen molar-refractivity contribution in [2.24, 2.45) is 0 Å². The number of aromatic nitrogens is 1. The summed E-state index contributed by atoms with van der Waals surface area (Å²) >= 11 is 0. The molecular formula is C30H25NO3. The Morgan fingerprint density at radius 3 is 2.38 bits per heavy atom. The molecule has 1 N–H and O–H groups in total. The molecule has 4 heteroatoms. The van der Waals surface area contributed by atoms with Crippen molar-refractivity contribution in [3.63, 3.8) is 0 Å². The molecule has 168 valence electrons. The van der Waals surface area contributed by atoms with Crippen LogP contribution in [0.2, 0.25) is 0 Å². The summed E-state index contributed by atoms with van der Waals surface area (Å²) in [4.78, 5) is 3.71. The van der Waals surface area contributed by atoms with Crippen LogP contribution >= 0.6 is 0 Å². The van der Waals surface area contributed by atoms with Crippen molar-refractivity contribution in [1.29, 1.82) is 0 Å². The van der Waals surface area contributed by atoms with Crippen molar-refractivity contribution in [3.05, 3.63) is 113 Å². The molecule has 1 aliphatic rings. The van der Waals surface area contributed by atoms with Gasteiger partial charge in [0.25, 0.3) is 0 Å². The van der Waals surface area contributed by atoms with Gasteiger partial charge in [-0.15, -0.1) is 0 Å². The van der Waals surface area contributed by atoms with Gasteiger partial charge in [-0.25, -0.2) is 0 Å². The largest absolute Gasteiger partial charge is 0.497 e. The van der Waals surface area contributed by atoms with E-state index >= 15 is 0 Å². The lowest BCUT2D eigenvalue weighted by Gasteiger charge is -2.23. The first kappa shape index (κ1) is 20.4. The normalized spacial score (nSPS) is 14.6. The van der Waals surface area contributed by atoms with E-state index in [1.54, 1.807) is 14.2 Å². The first-order chi connectivity index (χ1) is 16.8. The zero-order valence-corrected chi connectivity index (χ0v) is 19.2. The fraction of sp³-hybridized carbons (Fsp3) is 0.133. The summed E-state index contributed by atoms with van der Waals surface area (Å²) in [5.74, 6) is 2.34. The topological polar surface area (TPSA) is 43.5 Å². The lowest BCUT2D eigenvalue weighted by Crippen LogP contribution is -2.08. The van der Waals surface area contributed by atoms with Crippen LogP contribution in [0.1, 0.15) is 28.2 Å². The summed E-state index contributed by atoms with van der Waals surface area (Å²) in [6, 6.07) is 31.3. The third-order valence-corrected chi connectivity index (χ3v) is 6.66. The fourth-order valence-corrected chi connectivity index (χ4v) is 5.15. The number of fused-ring (bicyclic) bond motifs is 3. The van der Waals surface area contributed by atoms with Crippen LogP contribution in [-0.4, -0.2) is 19.2 Å². The van der Waals surface area contributed by atoms with Gasteiger partial charge in [0.2, 0.25) is 0 Å². The van der Waals surface area contributed by atoms with Crippen LogP contribution in [0, 0.1) is 0 Å². The van der Waals surface area contributed by atoms with Crippen LogP contribution in [0.15, 0.2) is 91.0 Å². The molecule has 1 aliphatic heterocycles. The molecule has 0 saturated carbocycles. The Hall–Kier alpha value is -4.18. The van der Waals surface area contributed by atoms with E-state index in [4.69, 9.17) is 14.2 Å². The van der Waals surface area contributed by atoms with E-state index in [9.17, 15) is 0 Å². The Morgan fingerprint density at radius 1 is 0.794 bits per heavy atom. The van der Waals surface area contributed by atoms with Crippen molar-refractivity contribution in [1.82, 2.24) is 4.98 Å². The van der Waals surface area contributed by atoms with Gasteiger partial charge in [-0.3, -0.25) is 0 Å². The lowest BCUT2D eigenvalue weighted by atomic mass is 9.80. The minimum absolute atomic E-state index is 0.0964. The highest BCUT2D eigenvalue weighted by molar-refractivity contribution is 5.93. The Kier molecular flexibility index (Phi) is 4.99. The highest BCUT2D eigenvalue weighted by Crippen LogP contribution is 2.50. The number of methoxy groups -OCH3 is 2. The first-order valence-electron chi connectivity index (χ1n) is 11.4. The summed E-state index contributed by atoms with van der Waals surface area (Å²) in [7, 11) is 3.40. The van der Waals surface area contributed by atoms with Crippen LogP contribution in [0.4, 0.5) is 0 Å². The van der Waals surface area contributed by atoms with Gasteiger partial charge in [0, 0.05) is 39.6 Å². The SMILES string of the molecule is COc1cc2c(c(OC)c1)C(c1c(-c3ccccc3)[nH]c3ccccc13)c1ccccc1OC2. The number of nitrogens with one attached hydrogen (secondary N) is 1. The van der Waals surface area contributed by atoms with Crippen LogP contribution < -0.4 is 14.2 Å². The maximum atomic E-state index is 6.34. The van der Waals surface area contributed by atoms with Crippen molar-refractivity contribution in [2.45, 2.75) is 12.5 Å². The van der Waals surface area contributed by atoms with E-state index in [1.807, 2.05) is 18.2 Å². The van der Waals surface area contributed by atoms with Crippen LogP contribution in [0.3, 0.4) is 0 Å². The minimum Gasteiger partial charge on any atom is -0.497 e. The molecule has 0 aliphatic carbocycles. The fourth-order valence-electron chi connectivity index (χ4n) is 5.15. The molecule has 5 aromatic rings. The van der Waals surface area contributed by atoms with E-state index in [-0.39, 0.29) is 5.92 Å². The predicted octanol–water partition coefficient (Wildman–Crippen LogP) is 6.92. The lowest BCUT2D eigenvalue weighted by molar-refractivity contribution is 0.305. The molecule has 1 unspecified atom stereocenters. The average Bonchev–Trinajstić information content (AvgIpc) is 3.20. The highest BCUT2D eigenvalue weighted by atomic mass is 16.5. The number of benzene rings is 4. The highest BCUT2D eigenvalue weighted by Gasteiger charge is 2.33. The van der Waals surface area contributed by atoms with E-state index in [1.165, 1.54) is 10.9 Å². The smallest absolute Gasteiger partial charge is 0.127 e. The summed E-state index contributed by atoms with van der Waals surface area (Å²) in [5, 5.41) is 1.19. The molecule has 0 amide bonds. The monoisotopic (exact) mass is 447 g/mol. The molecule has 0 bridgehead atoms. The molecule has 0 fully saturated rings. The first-order valence-corrected chi connectivity index (χ1v) is 11.4. The summed E-state index contributed by atoms with van der Waals surface area (Å²) in [5.41, 5.74) is 7.85. The maximum Gasteiger partial charge on any atom is 0.127 e. The molecule has 34 heavy (non-hydrogen) atoms. The summed E-state index contributed by atoms with van der Waals surface area (Å²) in [6.45, 7) is 0.444. The van der Waals surface area contributed by atoms with Gasteiger partial charge in [-0.1, -0.05) is 66.7 Å². The molecular weight excluding hydrogens is 422 g/mol. The number of para-hydroxylation sites is 2. The minimum atomic E-state index is -0.0964. The number of H-pyrrole nitrogens is 1. The summed E-state index contributed by atoms with van der Waals surface area (Å²) < 4.78 is 17.9. The van der Waals surface area contributed by atoms with Crippen molar-refractivity contribution >= 4 is 10.9 Å². The van der Waals surface area contributed by atoms with Gasteiger partial charge in [0.15, 0.2) is 0 Å².